The van der Waals surface area contributed by atoms with Crippen molar-refractivity contribution < 1.29 is 9.90 Å². The zero-order valence-corrected chi connectivity index (χ0v) is 19.2. The number of aldehydes is 1. The van der Waals surface area contributed by atoms with Crippen LogP contribution in [0.1, 0.15) is 37.7 Å². The van der Waals surface area contributed by atoms with Gasteiger partial charge in [-0.05, 0) is 36.4 Å². The van der Waals surface area contributed by atoms with E-state index in [2.05, 4.69) is 10.3 Å². The second-order valence-corrected chi connectivity index (χ2v) is 8.40. The van der Waals surface area contributed by atoms with Gasteiger partial charge in [-0.2, -0.15) is 0 Å². The number of hydrogen-bond acceptors (Lipinski definition) is 8. The molecule has 4 aromatic rings. The molecule has 0 saturated carbocycles. The van der Waals surface area contributed by atoms with Gasteiger partial charge in [0.15, 0.2) is 11.9 Å². The first-order valence-electron chi connectivity index (χ1n) is 10.2. The van der Waals surface area contributed by atoms with Crippen molar-refractivity contribution in [2.45, 2.75) is 13.0 Å². The highest BCUT2D eigenvalue weighted by atomic mass is 32.1. The number of anilines is 1. The molecule has 0 aliphatic heterocycles. The number of benzene rings is 2. The average molecular weight is 463 g/mol. The molecule has 0 saturated heterocycles. The number of nitrogen functional groups attached to an aromatic ring is 1. The predicted molar refractivity (Wildman–Crippen MR) is 134 cm³/mol. The van der Waals surface area contributed by atoms with Crippen molar-refractivity contribution >= 4 is 46.1 Å². The predicted octanol–water partition coefficient (Wildman–Crippen LogP) is 3.73. The summed E-state index contributed by atoms with van der Waals surface area (Å²) in [5.41, 5.74) is 11.1. The van der Waals surface area contributed by atoms with Crippen LogP contribution >= 0.6 is 11.3 Å². The Bertz CT molecular complexity index is 1290. The number of nitrogens with two attached hydrogens (primary N) is 1. The topological polar surface area (TPSA) is 141 Å². The fourth-order valence-electron chi connectivity index (χ4n) is 3.47. The Hall–Kier alpha value is -3.82. The van der Waals surface area contributed by atoms with Gasteiger partial charge in [0.2, 0.25) is 0 Å². The van der Waals surface area contributed by atoms with E-state index in [1.54, 1.807) is 29.8 Å². The second-order valence-electron chi connectivity index (χ2n) is 7.32. The molecule has 6 N–H and O–H groups in total. The molecule has 8 nitrogen and oxygen atoms in total. The number of aryl methyl sites for hydroxylation is 1. The summed E-state index contributed by atoms with van der Waals surface area (Å²) in [6.07, 6.45) is 3.92. The third-order valence-electron chi connectivity index (χ3n) is 5.14. The summed E-state index contributed by atoms with van der Waals surface area (Å²) in [6, 6.07) is 12.7. The third kappa shape index (κ3) is 5.16. The number of phenols is 1. The summed E-state index contributed by atoms with van der Waals surface area (Å²) in [6.45, 7) is 0.746. The largest absolute Gasteiger partial charge is 0.508 e. The molecule has 0 amide bonds. The molecule has 33 heavy (non-hydrogen) atoms. The molecule has 0 spiro atoms. The minimum atomic E-state index is 0.241. The van der Waals surface area contributed by atoms with E-state index in [4.69, 9.17) is 16.6 Å². The van der Waals surface area contributed by atoms with Crippen LogP contribution in [-0.2, 0) is 20.0 Å². The molecule has 0 aliphatic carbocycles. The van der Waals surface area contributed by atoms with Crippen molar-refractivity contribution in [3.05, 3.63) is 75.4 Å². The van der Waals surface area contributed by atoms with Gasteiger partial charge in [-0.1, -0.05) is 24.3 Å². The number of fused-ring (bicyclic) bond motifs is 1. The molecule has 0 unspecified atom stereocenters. The van der Waals surface area contributed by atoms with E-state index >= 15 is 0 Å². The number of carbonyl (C=O) groups excluding carboxylic acids is 1. The molecule has 2 heterocycles. The van der Waals surface area contributed by atoms with Gasteiger partial charge in [-0.15, -0.1) is 11.3 Å². The number of hydrogen-bond donors (Lipinski definition) is 5. The molecule has 0 fully saturated rings. The van der Waals surface area contributed by atoms with E-state index in [-0.39, 0.29) is 5.75 Å². The monoisotopic (exact) mass is 462 g/mol. The van der Waals surface area contributed by atoms with E-state index in [0.717, 1.165) is 44.9 Å². The van der Waals surface area contributed by atoms with E-state index < -0.39 is 0 Å². The number of carbonyl (C=O) groups is 1. The quantitative estimate of drug-likeness (QED) is 0.162. The Morgan fingerprint density at radius 1 is 1.15 bits per heavy atom. The Morgan fingerprint density at radius 3 is 2.45 bits per heavy atom. The van der Waals surface area contributed by atoms with Crippen LogP contribution in [0.3, 0.4) is 0 Å². The molecule has 170 valence electrons. The molecular weight excluding hydrogens is 436 g/mol. The normalized spacial score (nSPS) is 10.5. The molecule has 9 heteroatoms. The minimum Gasteiger partial charge on any atom is -0.508 e. The van der Waals surface area contributed by atoms with Gasteiger partial charge in [0.25, 0.3) is 0 Å². The lowest BCUT2D eigenvalue weighted by Gasteiger charge is -2.06. The van der Waals surface area contributed by atoms with Gasteiger partial charge in [-0.25, -0.2) is 4.98 Å². The lowest BCUT2D eigenvalue weighted by molar-refractivity contribution is 0.111. The number of nitrogens with zero attached hydrogens (tertiary/aromatic N) is 2. The maximum absolute atomic E-state index is 11.1. The number of phenolic OH excluding ortho intramolecular Hbond substituents is 1. The van der Waals surface area contributed by atoms with Gasteiger partial charge >= 0.3 is 0 Å². The van der Waals surface area contributed by atoms with Crippen molar-refractivity contribution in [1.82, 2.24) is 14.9 Å². The lowest BCUT2D eigenvalue weighted by Crippen LogP contribution is -2.08. The fraction of sp³-hybridized carbons (Fsp3) is 0.167. The van der Waals surface area contributed by atoms with Crippen LogP contribution in [-0.4, -0.2) is 40.4 Å². The highest BCUT2D eigenvalue weighted by molar-refractivity contribution is 7.19. The van der Waals surface area contributed by atoms with E-state index in [1.165, 1.54) is 23.8 Å². The summed E-state index contributed by atoms with van der Waals surface area (Å²) in [5.74, 6) is 0.241. The number of aromatic hydroxyl groups is 1. The third-order valence-corrected chi connectivity index (χ3v) is 6.22. The summed E-state index contributed by atoms with van der Waals surface area (Å²) in [7, 11) is 3.65. The van der Waals surface area contributed by atoms with Crippen LogP contribution in [0.25, 0.3) is 10.3 Å². The van der Waals surface area contributed by atoms with Crippen molar-refractivity contribution in [3.63, 3.8) is 0 Å². The number of thiazole rings is 1. The van der Waals surface area contributed by atoms with Crippen LogP contribution in [0.15, 0.2) is 42.5 Å². The van der Waals surface area contributed by atoms with Gasteiger partial charge in [0.05, 0.1) is 10.4 Å². The van der Waals surface area contributed by atoms with Crippen LogP contribution in [0.2, 0.25) is 0 Å². The Labute approximate surface area is 195 Å². The average Bonchev–Trinajstić information content (AvgIpc) is 3.32. The summed E-state index contributed by atoms with van der Waals surface area (Å²) in [4.78, 5) is 15.7. The summed E-state index contributed by atoms with van der Waals surface area (Å²) >= 11 is 1.49. The van der Waals surface area contributed by atoms with Gasteiger partial charge in [-0.3, -0.25) is 4.79 Å². The van der Waals surface area contributed by atoms with Gasteiger partial charge in [0, 0.05) is 49.3 Å². The highest BCUT2D eigenvalue weighted by Gasteiger charge is 2.17. The first kappa shape index (κ1) is 23.8. The maximum atomic E-state index is 11.1. The highest BCUT2D eigenvalue weighted by Crippen LogP contribution is 2.30. The fourth-order valence-corrected chi connectivity index (χ4v) is 4.62. The Morgan fingerprint density at radius 2 is 1.85 bits per heavy atom. The number of nitrogens with one attached hydrogen (secondary N) is 3. The van der Waals surface area contributed by atoms with E-state index in [9.17, 15) is 9.90 Å². The zero-order valence-electron chi connectivity index (χ0n) is 18.4. The van der Waals surface area contributed by atoms with Crippen LogP contribution in [0, 0.1) is 10.8 Å². The smallest absolute Gasteiger partial charge is 0.167 e. The zero-order chi connectivity index (χ0) is 24.0. The van der Waals surface area contributed by atoms with E-state index in [1.807, 2.05) is 31.3 Å². The standard InChI is InChI=1S/C15H13N3O2S.C9H13N3/c1-18-12(8-19)11(7-16)14-15(18)17-13(21-14)6-9-2-4-10(20)5-3-9;1-12-6-7-3-2-4-9(11)8(7)5-10/h2-5,7-8,16,20H,6H2,1H3;2-5,10,12H,6,11H2,1H3. The Balaban J connectivity index is 0.000000218. The van der Waals surface area contributed by atoms with Crippen molar-refractivity contribution in [3.8, 4) is 5.75 Å². The van der Waals surface area contributed by atoms with Gasteiger partial charge in [0.1, 0.15) is 10.8 Å². The molecule has 0 aliphatic rings. The first-order valence-corrected chi connectivity index (χ1v) is 11.0. The molecule has 2 aromatic heterocycles. The lowest BCUT2D eigenvalue weighted by atomic mass is 10.1. The van der Waals surface area contributed by atoms with Crippen molar-refractivity contribution in [2.24, 2.45) is 7.05 Å². The molecule has 0 atom stereocenters. The van der Waals surface area contributed by atoms with Crippen LogP contribution in [0.4, 0.5) is 5.69 Å². The molecule has 2 aromatic carbocycles. The summed E-state index contributed by atoms with van der Waals surface area (Å²) in [5, 5.41) is 27.9. The molecular formula is C24H26N6O2S. The Kier molecular flexibility index (Phi) is 7.70. The maximum Gasteiger partial charge on any atom is 0.167 e. The van der Waals surface area contributed by atoms with Crippen molar-refractivity contribution in [1.29, 1.82) is 10.8 Å². The first-order chi connectivity index (χ1) is 15.9. The minimum absolute atomic E-state index is 0.241. The van der Waals surface area contributed by atoms with Crippen LogP contribution < -0.4 is 11.1 Å². The van der Waals surface area contributed by atoms with Gasteiger partial charge < -0.3 is 31.5 Å². The molecule has 0 bridgehead atoms. The SMILES string of the molecule is CNCc1cccc(N)c1C=N.Cn1c(C=O)c(C=N)c2sc(Cc3ccc(O)cc3)nc21. The molecule has 4 rings (SSSR count). The number of rotatable bonds is 7. The van der Waals surface area contributed by atoms with Crippen molar-refractivity contribution in [2.75, 3.05) is 12.8 Å². The van der Waals surface area contributed by atoms with Crippen LogP contribution in [0.5, 0.6) is 5.75 Å². The summed E-state index contributed by atoms with van der Waals surface area (Å²) < 4.78 is 2.59. The molecule has 0 radical (unpaired) electrons. The van der Waals surface area contributed by atoms with E-state index in [0.29, 0.717) is 23.4 Å². The second kappa shape index (κ2) is 10.7. The number of aromatic nitrogens is 2.